The SMILES string of the molecule is CC(C)(c1ccc(OCCCOCCCOCCCNc2ccc3c(c2)C(O)N(C2CCC(O)NC2O)C3O)cc1)c1ccc(OCc2ccnc(NS(C)(=O)=O)n2)cc1. The van der Waals surface area contributed by atoms with Crippen molar-refractivity contribution in [2.24, 2.45) is 0 Å². The summed E-state index contributed by atoms with van der Waals surface area (Å²) in [5, 5.41) is 48.0. The van der Waals surface area contributed by atoms with Gasteiger partial charge in [-0.15, -0.1) is 0 Å². The van der Waals surface area contributed by atoms with Crippen molar-refractivity contribution in [2.45, 2.75) is 88.9 Å². The van der Waals surface area contributed by atoms with Crippen LogP contribution >= 0.6 is 0 Å². The maximum Gasteiger partial charge on any atom is 0.236 e. The molecule has 0 saturated carbocycles. The smallest absolute Gasteiger partial charge is 0.236 e. The van der Waals surface area contributed by atoms with Crippen LogP contribution in [0.2, 0.25) is 0 Å². The number of aromatic nitrogens is 2. The minimum Gasteiger partial charge on any atom is -0.494 e. The van der Waals surface area contributed by atoms with E-state index in [2.05, 4.69) is 51.3 Å². The maximum absolute atomic E-state index is 11.5. The number of benzene rings is 3. The monoisotopic (exact) mass is 850 g/mol. The van der Waals surface area contributed by atoms with Gasteiger partial charge < -0.3 is 44.7 Å². The molecule has 7 N–H and O–H groups in total. The number of hydrogen-bond acceptors (Lipinski definition) is 15. The van der Waals surface area contributed by atoms with Crippen molar-refractivity contribution in [3.63, 3.8) is 0 Å². The third-order valence-electron chi connectivity index (χ3n) is 10.7. The highest BCUT2D eigenvalue weighted by molar-refractivity contribution is 7.92. The predicted molar refractivity (Wildman–Crippen MR) is 226 cm³/mol. The van der Waals surface area contributed by atoms with Gasteiger partial charge in [-0.25, -0.2) is 23.3 Å². The second kappa shape index (κ2) is 20.9. The van der Waals surface area contributed by atoms with Crippen molar-refractivity contribution in [2.75, 3.05) is 55.9 Å². The molecule has 0 radical (unpaired) electrons. The van der Waals surface area contributed by atoms with Crippen molar-refractivity contribution >= 4 is 21.7 Å². The van der Waals surface area contributed by atoms with Crippen molar-refractivity contribution in [3.8, 4) is 11.5 Å². The average molecular weight is 851 g/mol. The lowest BCUT2D eigenvalue weighted by atomic mass is 9.78. The Bertz CT molecular complexity index is 2080. The molecule has 4 aromatic rings. The molecule has 0 aliphatic carbocycles. The third kappa shape index (κ3) is 12.3. The quantitative estimate of drug-likeness (QED) is 0.0554. The second-order valence-electron chi connectivity index (χ2n) is 15.6. The molecule has 16 nitrogen and oxygen atoms in total. The number of aliphatic hydroxyl groups is 4. The Kier molecular flexibility index (Phi) is 15.7. The van der Waals surface area contributed by atoms with Gasteiger partial charge in [-0.05, 0) is 79.3 Å². The van der Waals surface area contributed by atoms with E-state index in [0.717, 1.165) is 48.1 Å². The van der Waals surface area contributed by atoms with E-state index in [1.54, 1.807) is 12.1 Å². The summed E-state index contributed by atoms with van der Waals surface area (Å²) >= 11 is 0. The fraction of sp³-hybridized carbons (Fsp3) is 0.488. The van der Waals surface area contributed by atoms with Crippen LogP contribution in [0.5, 0.6) is 11.5 Å². The Morgan fingerprint density at radius 3 is 2.05 bits per heavy atom. The van der Waals surface area contributed by atoms with Gasteiger partial charge in [0.05, 0.1) is 24.6 Å². The van der Waals surface area contributed by atoms with E-state index in [1.165, 1.54) is 11.1 Å². The molecular formula is C43H58N6O10S. The molecule has 1 fully saturated rings. The van der Waals surface area contributed by atoms with Gasteiger partial charge in [0, 0.05) is 67.8 Å². The van der Waals surface area contributed by atoms with Crippen LogP contribution in [0.3, 0.4) is 0 Å². The molecule has 5 unspecified atom stereocenters. The van der Waals surface area contributed by atoms with Crippen LogP contribution in [0.25, 0.3) is 0 Å². The van der Waals surface area contributed by atoms with Gasteiger partial charge >= 0.3 is 0 Å². The van der Waals surface area contributed by atoms with Crippen molar-refractivity contribution in [3.05, 3.63) is 107 Å². The summed E-state index contributed by atoms with van der Waals surface area (Å²) in [7, 11) is -3.47. The van der Waals surface area contributed by atoms with Crippen LogP contribution in [-0.2, 0) is 31.5 Å². The molecule has 60 heavy (non-hydrogen) atoms. The summed E-state index contributed by atoms with van der Waals surface area (Å²) in [6.45, 7) is 8.13. The molecule has 5 atom stereocenters. The summed E-state index contributed by atoms with van der Waals surface area (Å²) in [6, 6.07) is 22.6. The molecule has 3 aromatic carbocycles. The zero-order valence-electron chi connectivity index (χ0n) is 34.4. The summed E-state index contributed by atoms with van der Waals surface area (Å²) in [6.07, 6.45) is 1.75. The molecule has 0 amide bonds. The minimum atomic E-state index is -3.47. The number of anilines is 2. The number of nitrogens with one attached hydrogen (secondary N) is 3. The average Bonchev–Trinajstić information content (AvgIpc) is 3.46. The molecule has 0 bridgehead atoms. The van der Waals surface area contributed by atoms with Gasteiger partial charge in [-0.3, -0.25) is 10.0 Å². The predicted octanol–water partition coefficient (Wildman–Crippen LogP) is 4.13. The minimum absolute atomic E-state index is 0.00334. The first-order valence-corrected chi connectivity index (χ1v) is 22.2. The second-order valence-corrected chi connectivity index (χ2v) is 17.3. The Hall–Kier alpha value is -4.43. The number of aliphatic hydroxyl groups excluding tert-OH is 4. The van der Waals surface area contributed by atoms with Gasteiger partial charge in [0.1, 0.15) is 43.0 Å². The van der Waals surface area contributed by atoms with E-state index >= 15 is 0 Å². The molecule has 2 aliphatic heterocycles. The lowest BCUT2D eigenvalue weighted by molar-refractivity contribution is -0.159. The van der Waals surface area contributed by atoms with Crippen LogP contribution in [0.4, 0.5) is 11.6 Å². The topological polar surface area (TPSA) is 217 Å². The Morgan fingerprint density at radius 2 is 1.40 bits per heavy atom. The first-order chi connectivity index (χ1) is 28.8. The first-order valence-electron chi connectivity index (χ1n) is 20.3. The lowest BCUT2D eigenvalue weighted by Crippen LogP contribution is -2.57. The number of hydrogen-bond donors (Lipinski definition) is 7. The fourth-order valence-corrected chi connectivity index (χ4v) is 7.76. The van der Waals surface area contributed by atoms with Gasteiger partial charge in [0.25, 0.3) is 0 Å². The van der Waals surface area contributed by atoms with E-state index in [-0.39, 0.29) is 18.0 Å². The van der Waals surface area contributed by atoms with Gasteiger partial charge in [0.2, 0.25) is 16.0 Å². The highest BCUT2D eigenvalue weighted by Crippen LogP contribution is 2.43. The third-order valence-corrected chi connectivity index (χ3v) is 11.2. The van der Waals surface area contributed by atoms with Gasteiger partial charge in [-0.2, -0.15) is 0 Å². The Morgan fingerprint density at radius 1 is 0.783 bits per heavy atom. The highest BCUT2D eigenvalue weighted by Gasteiger charge is 2.44. The molecule has 6 rings (SSSR count). The number of nitrogens with zero attached hydrogens (tertiary/aromatic N) is 3. The fourth-order valence-electron chi connectivity index (χ4n) is 7.33. The largest absolute Gasteiger partial charge is 0.494 e. The normalized spacial score (nSPS) is 20.8. The lowest BCUT2D eigenvalue weighted by Gasteiger charge is -2.40. The first kappa shape index (κ1) is 45.1. The summed E-state index contributed by atoms with van der Waals surface area (Å²) in [5.41, 5.74) is 4.57. The highest BCUT2D eigenvalue weighted by atomic mass is 32.2. The van der Waals surface area contributed by atoms with Gasteiger partial charge in [-0.1, -0.05) is 44.2 Å². The van der Waals surface area contributed by atoms with E-state index in [0.29, 0.717) is 75.0 Å². The zero-order chi connectivity index (χ0) is 42.7. The van der Waals surface area contributed by atoms with E-state index in [4.69, 9.17) is 18.9 Å². The van der Waals surface area contributed by atoms with Crippen LogP contribution < -0.4 is 24.8 Å². The van der Waals surface area contributed by atoms with Crippen LogP contribution in [0.1, 0.15) is 86.4 Å². The van der Waals surface area contributed by atoms with Crippen molar-refractivity contribution in [1.29, 1.82) is 0 Å². The summed E-state index contributed by atoms with van der Waals surface area (Å²) in [4.78, 5) is 9.60. The molecule has 17 heteroatoms. The Balaban J connectivity index is 0.799. The molecule has 3 heterocycles. The molecule has 1 aromatic heterocycles. The van der Waals surface area contributed by atoms with E-state index in [1.807, 2.05) is 48.5 Å². The van der Waals surface area contributed by atoms with E-state index < -0.39 is 41.0 Å². The number of fused-ring (bicyclic) bond motifs is 1. The number of rotatable bonds is 22. The number of piperidine rings is 1. The summed E-state index contributed by atoms with van der Waals surface area (Å²) < 4.78 is 48.6. The summed E-state index contributed by atoms with van der Waals surface area (Å²) in [5.74, 6) is 1.47. The van der Waals surface area contributed by atoms with Crippen molar-refractivity contribution in [1.82, 2.24) is 20.2 Å². The Labute approximate surface area is 351 Å². The van der Waals surface area contributed by atoms with Crippen LogP contribution in [-0.4, -0.2) is 108 Å². The van der Waals surface area contributed by atoms with Crippen LogP contribution in [0, 0.1) is 0 Å². The van der Waals surface area contributed by atoms with Crippen LogP contribution in [0.15, 0.2) is 79.0 Å². The van der Waals surface area contributed by atoms with E-state index in [9.17, 15) is 28.8 Å². The molecular weight excluding hydrogens is 793 g/mol. The molecule has 1 saturated heterocycles. The molecule has 326 valence electrons. The van der Waals surface area contributed by atoms with Gasteiger partial charge in [0.15, 0.2) is 0 Å². The number of ether oxygens (including phenoxy) is 4. The molecule has 0 spiro atoms. The zero-order valence-corrected chi connectivity index (χ0v) is 35.2. The number of sulfonamides is 1. The standard InChI is InChI=1S/C43H58N6O10S/c1-43(2,30-9-14-34(15-10-30)59-28-32-19-21-45-42(46-32)48-60(3,54)55)29-7-12-33(13-8-29)58-26-6-25-57-24-5-23-56-22-4-20-44-31-11-16-35-36(27-31)41(53)49(40(35)52)37-17-18-38(50)47-39(37)51/h7-16,19,21,27,37-41,44,47,50-53H,4-6,17-18,20,22-26,28H2,1-3H3,(H,45,46,48). The van der Waals surface area contributed by atoms with Crippen molar-refractivity contribution < 1.29 is 47.8 Å². The maximum atomic E-state index is 11.5. The molecule has 2 aliphatic rings.